The van der Waals surface area contributed by atoms with Crippen molar-refractivity contribution < 1.29 is 9.47 Å². The van der Waals surface area contributed by atoms with Gasteiger partial charge in [-0.05, 0) is 62.2 Å². The van der Waals surface area contributed by atoms with E-state index in [1.165, 1.54) is 24.1 Å². The van der Waals surface area contributed by atoms with Gasteiger partial charge in [-0.2, -0.15) is 0 Å². The SMILES string of the molecule is CCOc1ccc(CN2CCCC(c3cc4ncccc4[nH]3)C2)cc1OC. The first kappa shape index (κ1) is 17.9. The lowest BCUT2D eigenvalue weighted by Crippen LogP contribution is -2.34. The van der Waals surface area contributed by atoms with Gasteiger partial charge in [-0.25, -0.2) is 0 Å². The Balaban J connectivity index is 1.47. The van der Waals surface area contributed by atoms with Crippen molar-refractivity contribution in [2.24, 2.45) is 0 Å². The molecular formula is C22H27N3O2. The number of aromatic nitrogens is 2. The average Bonchev–Trinajstić information content (AvgIpc) is 3.14. The van der Waals surface area contributed by atoms with E-state index in [4.69, 9.17) is 9.47 Å². The third-order valence-corrected chi connectivity index (χ3v) is 5.29. The molecule has 1 unspecified atom stereocenters. The molecule has 0 bridgehead atoms. The summed E-state index contributed by atoms with van der Waals surface area (Å²) in [6.07, 6.45) is 4.28. The van der Waals surface area contributed by atoms with Crippen LogP contribution in [0.4, 0.5) is 0 Å². The highest BCUT2D eigenvalue weighted by molar-refractivity contribution is 5.75. The van der Waals surface area contributed by atoms with Gasteiger partial charge in [0.25, 0.3) is 0 Å². The second kappa shape index (κ2) is 8.01. The van der Waals surface area contributed by atoms with Crippen molar-refractivity contribution in [2.45, 2.75) is 32.2 Å². The van der Waals surface area contributed by atoms with Gasteiger partial charge in [-0.15, -0.1) is 0 Å². The van der Waals surface area contributed by atoms with Crippen molar-refractivity contribution in [3.8, 4) is 11.5 Å². The molecule has 1 atom stereocenters. The van der Waals surface area contributed by atoms with Crippen molar-refractivity contribution in [1.82, 2.24) is 14.9 Å². The van der Waals surface area contributed by atoms with Gasteiger partial charge in [0.05, 0.1) is 24.8 Å². The molecule has 0 saturated carbocycles. The normalized spacial score (nSPS) is 17.9. The number of hydrogen-bond donors (Lipinski definition) is 1. The number of aromatic amines is 1. The fourth-order valence-corrected chi connectivity index (χ4v) is 3.99. The monoisotopic (exact) mass is 365 g/mol. The molecule has 3 aromatic rings. The van der Waals surface area contributed by atoms with Crippen LogP contribution in [0.1, 0.15) is 36.9 Å². The smallest absolute Gasteiger partial charge is 0.161 e. The van der Waals surface area contributed by atoms with Crippen LogP contribution in [0.3, 0.4) is 0 Å². The summed E-state index contributed by atoms with van der Waals surface area (Å²) in [6, 6.07) is 12.5. The van der Waals surface area contributed by atoms with Crippen LogP contribution in [0, 0.1) is 0 Å². The lowest BCUT2D eigenvalue weighted by Gasteiger charge is -2.32. The number of hydrogen-bond acceptors (Lipinski definition) is 4. The van der Waals surface area contributed by atoms with Crippen LogP contribution < -0.4 is 9.47 Å². The van der Waals surface area contributed by atoms with Crippen LogP contribution in [0.2, 0.25) is 0 Å². The first-order chi connectivity index (χ1) is 13.3. The Morgan fingerprint density at radius 2 is 2.15 bits per heavy atom. The number of fused-ring (bicyclic) bond motifs is 1. The Labute approximate surface area is 160 Å². The number of nitrogens with zero attached hydrogens (tertiary/aromatic N) is 2. The molecule has 142 valence electrons. The van der Waals surface area contributed by atoms with Crippen molar-refractivity contribution in [1.29, 1.82) is 0 Å². The largest absolute Gasteiger partial charge is 0.493 e. The topological polar surface area (TPSA) is 50.4 Å². The van der Waals surface area contributed by atoms with E-state index < -0.39 is 0 Å². The number of ether oxygens (including phenoxy) is 2. The van der Waals surface area contributed by atoms with Crippen LogP contribution in [-0.2, 0) is 6.54 Å². The van der Waals surface area contributed by atoms with Crippen LogP contribution in [-0.4, -0.2) is 41.7 Å². The lowest BCUT2D eigenvalue weighted by atomic mass is 9.94. The van der Waals surface area contributed by atoms with E-state index in [9.17, 15) is 0 Å². The number of likely N-dealkylation sites (tertiary alicyclic amines) is 1. The van der Waals surface area contributed by atoms with Crippen LogP contribution in [0.25, 0.3) is 11.0 Å². The van der Waals surface area contributed by atoms with Crippen molar-refractivity contribution >= 4 is 11.0 Å². The van der Waals surface area contributed by atoms with E-state index in [0.29, 0.717) is 12.5 Å². The molecule has 0 aliphatic carbocycles. The van der Waals surface area contributed by atoms with Crippen molar-refractivity contribution in [3.63, 3.8) is 0 Å². The van der Waals surface area contributed by atoms with Crippen molar-refractivity contribution in [2.75, 3.05) is 26.8 Å². The van der Waals surface area contributed by atoms with E-state index in [0.717, 1.165) is 42.2 Å². The summed E-state index contributed by atoms with van der Waals surface area (Å²) < 4.78 is 11.1. The summed E-state index contributed by atoms with van der Waals surface area (Å²) in [6.45, 7) is 5.74. The second-order valence-corrected chi connectivity index (χ2v) is 7.15. The highest BCUT2D eigenvalue weighted by Crippen LogP contribution is 2.31. The van der Waals surface area contributed by atoms with Gasteiger partial charge < -0.3 is 14.5 Å². The van der Waals surface area contributed by atoms with E-state index in [1.807, 2.05) is 25.3 Å². The minimum atomic E-state index is 0.526. The lowest BCUT2D eigenvalue weighted by molar-refractivity contribution is 0.198. The van der Waals surface area contributed by atoms with Gasteiger partial charge in [0.1, 0.15) is 0 Å². The minimum Gasteiger partial charge on any atom is -0.493 e. The van der Waals surface area contributed by atoms with Crippen molar-refractivity contribution in [3.05, 3.63) is 53.9 Å². The van der Waals surface area contributed by atoms with Crippen LogP contribution in [0.15, 0.2) is 42.6 Å². The molecule has 0 amide bonds. The third kappa shape index (κ3) is 3.93. The fraction of sp³-hybridized carbons (Fsp3) is 0.409. The Bertz CT molecular complexity index is 872. The Kier molecular flexibility index (Phi) is 5.30. The molecule has 0 radical (unpaired) electrons. The Morgan fingerprint density at radius 1 is 1.22 bits per heavy atom. The Morgan fingerprint density at radius 3 is 2.96 bits per heavy atom. The van der Waals surface area contributed by atoms with Crippen LogP contribution in [0.5, 0.6) is 11.5 Å². The zero-order chi connectivity index (χ0) is 18.6. The van der Waals surface area contributed by atoms with E-state index in [1.54, 1.807) is 7.11 Å². The van der Waals surface area contributed by atoms with Gasteiger partial charge in [-0.1, -0.05) is 6.07 Å². The predicted molar refractivity (Wildman–Crippen MR) is 108 cm³/mol. The molecule has 5 heteroatoms. The molecule has 1 aliphatic rings. The number of methoxy groups -OCH3 is 1. The molecule has 27 heavy (non-hydrogen) atoms. The third-order valence-electron chi connectivity index (χ3n) is 5.29. The van der Waals surface area contributed by atoms with Gasteiger partial charge in [0.2, 0.25) is 0 Å². The summed E-state index contributed by atoms with van der Waals surface area (Å²) in [5.74, 6) is 2.15. The van der Waals surface area contributed by atoms with E-state index in [2.05, 4.69) is 39.1 Å². The standard InChI is InChI=1S/C22H27N3O2/c1-3-27-21-9-8-16(12-22(21)26-2)14-25-11-5-6-17(15-25)19-13-20-18(24-19)7-4-10-23-20/h4,7-10,12-13,17,24H,3,5-6,11,14-15H2,1-2H3. The molecule has 1 aliphatic heterocycles. The summed E-state index contributed by atoms with van der Waals surface area (Å²) in [7, 11) is 1.70. The average molecular weight is 365 g/mol. The highest BCUT2D eigenvalue weighted by atomic mass is 16.5. The van der Waals surface area contributed by atoms with Gasteiger partial charge in [0.15, 0.2) is 11.5 Å². The number of rotatable bonds is 6. The number of benzene rings is 1. The Hall–Kier alpha value is -2.53. The number of H-pyrrole nitrogens is 1. The summed E-state index contributed by atoms with van der Waals surface area (Å²) in [5, 5.41) is 0. The van der Waals surface area contributed by atoms with E-state index >= 15 is 0 Å². The van der Waals surface area contributed by atoms with E-state index in [-0.39, 0.29) is 0 Å². The second-order valence-electron chi connectivity index (χ2n) is 7.15. The molecule has 5 nitrogen and oxygen atoms in total. The maximum atomic E-state index is 5.63. The molecule has 4 rings (SSSR count). The maximum Gasteiger partial charge on any atom is 0.161 e. The molecule has 1 fully saturated rings. The molecular weight excluding hydrogens is 338 g/mol. The zero-order valence-corrected chi connectivity index (χ0v) is 16.1. The first-order valence-electron chi connectivity index (χ1n) is 9.72. The molecule has 2 aromatic heterocycles. The number of piperidine rings is 1. The van der Waals surface area contributed by atoms with Gasteiger partial charge in [0, 0.05) is 30.9 Å². The summed E-state index contributed by atoms with van der Waals surface area (Å²) >= 11 is 0. The molecule has 0 spiro atoms. The van der Waals surface area contributed by atoms with Gasteiger partial charge >= 0.3 is 0 Å². The number of nitrogens with one attached hydrogen (secondary N) is 1. The predicted octanol–water partition coefficient (Wildman–Crippen LogP) is 4.35. The number of pyridine rings is 1. The molecule has 1 N–H and O–H groups in total. The molecule has 3 heterocycles. The first-order valence-corrected chi connectivity index (χ1v) is 9.72. The zero-order valence-electron chi connectivity index (χ0n) is 16.1. The highest BCUT2D eigenvalue weighted by Gasteiger charge is 2.23. The summed E-state index contributed by atoms with van der Waals surface area (Å²) in [5.41, 5.74) is 4.74. The quantitative estimate of drug-likeness (QED) is 0.706. The fourth-order valence-electron chi connectivity index (χ4n) is 3.99. The maximum absolute atomic E-state index is 5.63. The van der Waals surface area contributed by atoms with Crippen LogP contribution >= 0.6 is 0 Å². The minimum absolute atomic E-state index is 0.526. The molecule has 1 saturated heterocycles. The molecule has 1 aromatic carbocycles. The summed E-state index contributed by atoms with van der Waals surface area (Å²) in [4.78, 5) is 10.5. The van der Waals surface area contributed by atoms with Gasteiger partial charge in [-0.3, -0.25) is 9.88 Å².